The van der Waals surface area contributed by atoms with E-state index in [1.54, 1.807) is 0 Å². The molecular formula is C54H92O6. The summed E-state index contributed by atoms with van der Waals surface area (Å²) in [5, 5.41) is 0. The molecule has 0 fully saturated rings. The van der Waals surface area contributed by atoms with Gasteiger partial charge in [-0.2, -0.15) is 0 Å². The van der Waals surface area contributed by atoms with E-state index >= 15 is 0 Å². The van der Waals surface area contributed by atoms with Crippen LogP contribution in [0.3, 0.4) is 0 Å². The lowest BCUT2D eigenvalue weighted by Gasteiger charge is -2.18. The molecule has 6 nitrogen and oxygen atoms in total. The Morgan fingerprint density at radius 1 is 0.350 bits per heavy atom. The summed E-state index contributed by atoms with van der Waals surface area (Å²) in [6.45, 7) is 6.43. The predicted molar refractivity (Wildman–Crippen MR) is 256 cm³/mol. The van der Waals surface area contributed by atoms with Crippen molar-refractivity contribution in [1.29, 1.82) is 0 Å². The smallest absolute Gasteiger partial charge is 0.306 e. The summed E-state index contributed by atoms with van der Waals surface area (Å²) >= 11 is 0. The van der Waals surface area contributed by atoms with Crippen molar-refractivity contribution in [1.82, 2.24) is 0 Å². The zero-order chi connectivity index (χ0) is 43.7. The molecule has 0 radical (unpaired) electrons. The third-order valence-electron chi connectivity index (χ3n) is 10.4. The Bertz CT molecular complexity index is 1140. The number of ether oxygens (including phenoxy) is 3. The number of carbonyl (C=O) groups is 3. The molecule has 0 aliphatic rings. The molecule has 0 bridgehead atoms. The zero-order valence-corrected chi connectivity index (χ0v) is 39.2. The first-order valence-corrected chi connectivity index (χ1v) is 24.9. The monoisotopic (exact) mass is 837 g/mol. The van der Waals surface area contributed by atoms with Crippen LogP contribution in [0.1, 0.15) is 233 Å². The van der Waals surface area contributed by atoms with E-state index in [4.69, 9.17) is 14.2 Å². The normalized spacial score (nSPS) is 12.7. The van der Waals surface area contributed by atoms with Crippen molar-refractivity contribution >= 4 is 17.9 Å². The van der Waals surface area contributed by atoms with Crippen molar-refractivity contribution in [2.24, 2.45) is 0 Å². The highest BCUT2D eigenvalue weighted by molar-refractivity contribution is 5.71. The van der Waals surface area contributed by atoms with Crippen LogP contribution in [0, 0.1) is 0 Å². The lowest BCUT2D eigenvalue weighted by molar-refractivity contribution is -0.167. The average Bonchev–Trinajstić information content (AvgIpc) is 3.24. The number of hydrogen-bond acceptors (Lipinski definition) is 6. The van der Waals surface area contributed by atoms with Crippen molar-refractivity contribution < 1.29 is 28.6 Å². The van der Waals surface area contributed by atoms with Gasteiger partial charge >= 0.3 is 17.9 Å². The molecule has 0 aromatic heterocycles. The van der Waals surface area contributed by atoms with Gasteiger partial charge in [-0.25, -0.2) is 0 Å². The lowest BCUT2D eigenvalue weighted by atomic mass is 10.1. The number of esters is 3. The summed E-state index contributed by atoms with van der Waals surface area (Å²) in [5.74, 6) is -0.991. The van der Waals surface area contributed by atoms with Crippen LogP contribution in [0.25, 0.3) is 0 Å². The Kier molecular flexibility index (Phi) is 46.0. The third-order valence-corrected chi connectivity index (χ3v) is 10.4. The van der Waals surface area contributed by atoms with Gasteiger partial charge in [-0.3, -0.25) is 14.4 Å². The maximum absolute atomic E-state index is 12.7. The first-order valence-electron chi connectivity index (χ1n) is 24.9. The highest BCUT2D eigenvalue weighted by atomic mass is 16.6. The number of allylic oxidation sites excluding steroid dienone is 12. The van der Waals surface area contributed by atoms with Gasteiger partial charge in [0, 0.05) is 19.3 Å². The molecule has 0 aromatic carbocycles. The molecule has 6 heteroatoms. The van der Waals surface area contributed by atoms with Crippen molar-refractivity contribution in [3.63, 3.8) is 0 Å². The van der Waals surface area contributed by atoms with Crippen LogP contribution in [0.4, 0.5) is 0 Å². The first-order chi connectivity index (χ1) is 29.5. The fraction of sp³-hybridized carbons (Fsp3) is 0.722. The summed E-state index contributed by atoms with van der Waals surface area (Å²) in [5.41, 5.74) is 0. The van der Waals surface area contributed by atoms with E-state index < -0.39 is 6.10 Å². The SMILES string of the molecule is CC/C=C\C/C=C\CCCCCCCC(=O)OCC(COC(=O)CCC/C=C\C/C=C\C/C=C\CCCCCCCC)OC(=O)CCCCC/C=C\CCCCCCCC. The topological polar surface area (TPSA) is 78.9 Å². The highest BCUT2D eigenvalue weighted by Crippen LogP contribution is 2.13. The van der Waals surface area contributed by atoms with Gasteiger partial charge in [0.15, 0.2) is 6.10 Å². The highest BCUT2D eigenvalue weighted by Gasteiger charge is 2.19. The maximum Gasteiger partial charge on any atom is 0.306 e. The Morgan fingerprint density at radius 2 is 0.667 bits per heavy atom. The average molecular weight is 837 g/mol. The Hall–Kier alpha value is -3.15. The molecule has 0 amide bonds. The summed E-state index contributed by atoms with van der Waals surface area (Å²) in [7, 11) is 0. The van der Waals surface area contributed by atoms with Gasteiger partial charge in [0.1, 0.15) is 13.2 Å². The zero-order valence-electron chi connectivity index (χ0n) is 39.2. The summed E-state index contributed by atoms with van der Waals surface area (Å²) < 4.78 is 16.7. The molecule has 0 rings (SSSR count). The minimum Gasteiger partial charge on any atom is -0.462 e. The molecule has 0 aromatic rings. The number of rotatable bonds is 44. The number of hydrogen-bond donors (Lipinski definition) is 0. The van der Waals surface area contributed by atoms with Gasteiger partial charge in [-0.1, -0.05) is 184 Å². The molecule has 344 valence electrons. The van der Waals surface area contributed by atoms with Crippen LogP contribution in [0.15, 0.2) is 72.9 Å². The minimum atomic E-state index is -0.807. The minimum absolute atomic E-state index is 0.105. The predicted octanol–water partition coefficient (Wildman–Crippen LogP) is 16.3. The van der Waals surface area contributed by atoms with E-state index in [1.807, 2.05) is 0 Å². The lowest BCUT2D eigenvalue weighted by Crippen LogP contribution is -2.30. The molecule has 60 heavy (non-hydrogen) atoms. The standard InChI is InChI=1S/C54H92O6/c1-4-7-10-13-16-19-22-25-26-27-28-30-32-35-38-41-44-47-53(56)59-50-51(49-58-52(55)46-43-40-37-34-31-24-21-18-15-12-9-6-3)60-54(57)48-45-42-39-36-33-29-23-20-17-14-11-8-5-2/h9,12,18,21,25-26,28-30,33,35,38,51H,4-8,10-11,13-17,19-20,22-24,27,31-32,34,36-37,39-50H2,1-3H3/b12-9-,21-18-,26-25-,30-28-,33-29-,38-35-. The summed E-state index contributed by atoms with van der Waals surface area (Å²) in [4.78, 5) is 37.8. The van der Waals surface area contributed by atoms with E-state index in [1.165, 1.54) is 83.5 Å². The van der Waals surface area contributed by atoms with Crippen LogP contribution < -0.4 is 0 Å². The van der Waals surface area contributed by atoms with Gasteiger partial charge in [0.2, 0.25) is 0 Å². The molecule has 0 N–H and O–H groups in total. The van der Waals surface area contributed by atoms with E-state index in [-0.39, 0.29) is 37.5 Å². The van der Waals surface area contributed by atoms with Crippen molar-refractivity contribution in [3.05, 3.63) is 72.9 Å². The van der Waals surface area contributed by atoms with Crippen molar-refractivity contribution in [2.75, 3.05) is 13.2 Å². The number of unbranched alkanes of at least 4 members (excludes halogenated alkanes) is 21. The third kappa shape index (κ3) is 45.9. The van der Waals surface area contributed by atoms with Crippen LogP contribution in [-0.2, 0) is 28.6 Å². The van der Waals surface area contributed by atoms with Crippen molar-refractivity contribution in [3.8, 4) is 0 Å². The van der Waals surface area contributed by atoms with Crippen LogP contribution >= 0.6 is 0 Å². The maximum atomic E-state index is 12.7. The second-order valence-electron chi connectivity index (χ2n) is 16.3. The molecule has 1 unspecified atom stereocenters. The van der Waals surface area contributed by atoms with Crippen LogP contribution in [-0.4, -0.2) is 37.2 Å². The molecule has 0 aliphatic heterocycles. The molecule has 0 spiro atoms. The summed E-state index contributed by atoms with van der Waals surface area (Å²) in [6, 6.07) is 0. The Morgan fingerprint density at radius 3 is 1.12 bits per heavy atom. The van der Waals surface area contributed by atoms with E-state index in [0.29, 0.717) is 19.3 Å². The molecule has 0 aliphatic carbocycles. The summed E-state index contributed by atoms with van der Waals surface area (Å²) in [6.07, 6.45) is 60.4. The molecule has 0 saturated carbocycles. The van der Waals surface area contributed by atoms with Gasteiger partial charge in [0.25, 0.3) is 0 Å². The van der Waals surface area contributed by atoms with Gasteiger partial charge in [0.05, 0.1) is 0 Å². The molecule has 0 saturated heterocycles. The Labute approximate surface area is 370 Å². The second-order valence-corrected chi connectivity index (χ2v) is 16.3. The first kappa shape index (κ1) is 56.9. The molecule has 1 atom stereocenters. The molecular weight excluding hydrogens is 745 g/mol. The van der Waals surface area contributed by atoms with Gasteiger partial charge in [-0.05, 0) is 103 Å². The van der Waals surface area contributed by atoms with E-state index in [9.17, 15) is 14.4 Å². The van der Waals surface area contributed by atoms with Crippen molar-refractivity contribution in [2.45, 2.75) is 239 Å². The van der Waals surface area contributed by atoms with Gasteiger partial charge < -0.3 is 14.2 Å². The van der Waals surface area contributed by atoms with Crippen LogP contribution in [0.5, 0.6) is 0 Å². The quantitative estimate of drug-likeness (QED) is 0.0263. The largest absolute Gasteiger partial charge is 0.462 e. The number of carbonyl (C=O) groups excluding carboxylic acids is 3. The fourth-order valence-electron chi connectivity index (χ4n) is 6.67. The van der Waals surface area contributed by atoms with Gasteiger partial charge in [-0.15, -0.1) is 0 Å². The van der Waals surface area contributed by atoms with Crippen LogP contribution in [0.2, 0.25) is 0 Å². The van der Waals surface area contributed by atoms with E-state index in [2.05, 4.69) is 93.7 Å². The fourth-order valence-corrected chi connectivity index (χ4v) is 6.67. The molecule has 0 heterocycles. The van der Waals surface area contributed by atoms with E-state index in [0.717, 1.165) is 103 Å². The Balaban J connectivity index is 4.49. The second kappa shape index (κ2) is 48.5.